The first-order valence-electron chi connectivity index (χ1n) is 17.2. The Morgan fingerprint density at radius 3 is 2.37 bits per heavy atom. The Morgan fingerprint density at radius 1 is 1.02 bits per heavy atom. The molecule has 0 aromatic heterocycles. The predicted octanol–water partition coefficient (Wildman–Crippen LogP) is 7.62. The number of nitrogens with zero attached hydrogens (tertiary/aromatic N) is 1. The van der Waals surface area contributed by atoms with E-state index in [-0.39, 0.29) is 18.4 Å². The number of likely N-dealkylation sites (tertiary alicyclic amines) is 1. The van der Waals surface area contributed by atoms with Crippen molar-refractivity contribution in [2.45, 2.75) is 85.0 Å². The second kappa shape index (κ2) is 23.0. The number of hydrogen-bond donors (Lipinski definition) is 2. The number of aliphatic hydroxyl groups is 1. The quantitative estimate of drug-likeness (QED) is 0.121. The van der Waals surface area contributed by atoms with Crippen LogP contribution in [0.5, 0.6) is 5.75 Å². The average Bonchev–Trinajstić information content (AvgIpc) is 3.04. The van der Waals surface area contributed by atoms with Gasteiger partial charge in [-0.25, -0.2) is 4.79 Å². The zero-order valence-electron chi connectivity index (χ0n) is 28.6. The molecule has 1 unspecified atom stereocenters. The molecular formula is C39H58N2O5. The first kappa shape index (κ1) is 38.8. The van der Waals surface area contributed by atoms with E-state index in [9.17, 15) is 9.59 Å². The van der Waals surface area contributed by atoms with Gasteiger partial charge in [-0.3, -0.25) is 0 Å². The van der Waals surface area contributed by atoms with Crippen LogP contribution in [0.4, 0.5) is 0 Å². The number of nitrogens with two attached hydrogens (primary N) is 1. The molecule has 1 aliphatic heterocycles. The van der Waals surface area contributed by atoms with Crippen LogP contribution in [-0.2, 0) is 16.0 Å². The summed E-state index contributed by atoms with van der Waals surface area (Å²) in [6.07, 6.45) is 14.5. The van der Waals surface area contributed by atoms with E-state index in [1.165, 1.54) is 12.0 Å². The van der Waals surface area contributed by atoms with E-state index >= 15 is 0 Å². The van der Waals surface area contributed by atoms with Crippen LogP contribution >= 0.6 is 0 Å². The van der Waals surface area contributed by atoms with Gasteiger partial charge in [-0.1, -0.05) is 55.5 Å². The fraction of sp³-hybridized carbons (Fsp3) is 0.538. The number of hydrogen-bond acceptors (Lipinski definition) is 7. The fourth-order valence-corrected chi connectivity index (χ4v) is 5.65. The van der Waals surface area contributed by atoms with Crippen LogP contribution in [0, 0.1) is 11.8 Å². The maximum atomic E-state index is 12.0. The molecule has 3 N–H and O–H groups in total. The Hall–Kier alpha value is -3.42. The van der Waals surface area contributed by atoms with Gasteiger partial charge in [0.1, 0.15) is 11.5 Å². The zero-order valence-corrected chi connectivity index (χ0v) is 28.6. The number of ether oxygens (including phenoxy) is 2. The summed E-state index contributed by atoms with van der Waals surface area (Å²) in [5.41, 5.74) is 9.56. The Balaban J connectivity index is 0.00000236. The van der Waals surface area contributed by atoms with Gasteiger partial charge in [0.15, 0.2) is 0 Å². The van der Waals surface area contributed by atoms with E-state index in [4.69, 9.17) is 20.3 Å². The van der Waals surface area contributed by atoms with Gasteiger partial charge < -0.3 is 30.0 Å². The second-order valence-electron chi connectivity index (χ2n) is 12.1. The Labute approximate surface area is 277 Å². The maximum absolute atomic E-state index is 12.0. The van der Waals surface area contributed by atoms with Gasteiger partial charge in [0.25, 0.3) is 0 Å². The summed E-state index contributed by atoms with van der Waals surface area (Å²) in [5, 5.41) is 7.57. The van der Waals surface area contributed by atoms with Crippen molar-refractivity contribution >= 4 is 17.8 Å². The lowest BCUT2D eigenvalue weighted by Gasteiger charge is -2.31. The minimum absolute atomic E-state index is 0.242. The van der Waals surface area contributed by atoms with Crippen molar-refractivity contribution in [1.82, 2.24) is 4.90 Å². The van der Waals surface area contributed by atoms with Gasteiger partial charge in [-0.15, -0.1) is 0 Å². The molecule has 3 rings (SSSR count). The van der Waals surface area contributed by atoms with Gasteiger partial charge in [-0.05, 0) is 121 Å². The lowest BCUT2D eigenvalue weighted by atomic mass is 9.92. The largest absolute Gasteiger partial charge is 0.493 e. The molecule has 1 saturated heterocycles. The highest BCUT2D eigenvalue weighted by Gasteiger charge is 2.19. The van der Waals surface area contributed by atoms with Crippen molar-refractivity contribution in [1.29, 1.82) is 0 Å². The third-order valence-corrected chi connectivity index (χ3v) is 8.27. The van der Waals surface area contributed by atoms with Crippen LogP contribution < -0.4 is 10.5 Å². The number of rotatable bonds is 19. The molecule has 0 radical (unpaired) electrons. The number of allylic oxidation sites excluding steroid dienone is 2. The molecule has 1 fully saturated rings. The van der Waals surface area contributed by atoms with Gasteiger partial charge >= 0.3 is 5.97 Å². The summed E-state index contributed by atoms with van der Waals surface area (Å²) >= 11 is 0. The summed E-state index contributed by atoms with van der Waals surface area (Å²) in [6, 6.07) is 15.9. The fourth-order valence-electron chi connectivity index (χ4n) is 5.65. The Bertz CT molecular complexity index is 1190. The number of unbranched alkanes of at least 4 members (excludes halogenated alkanes) is 3. The molecule has 1 atom stereocenters. The average molecular weight is 635 g/mol. The minimum atomic E-state index is -0.291. The van der Waals surface area contributed by atoms with Crippen molar-refractivity contribution in [2.24, 2.45) is 17.6 Å². The first-order chi connectivity index (χ1) is 22.3. The normalized spacial score (nSPS) is 14.3. The number of aliphatic hydroxyl groups excluding tert-OH is 1. The number of piperidine rings is 1. The molecule has 0 bridgehead atoms. The van der Waals surface area contributed by atoms with Crippen molar-refractivity contribution in [3.63, 3.8) is 0 Å². The van der Waals surface area contributed by atoms with Gasteiger partial charge in [0.05, 0.1) is 18.8 Å². The van der Waals surface area contributed by atoms with E-state index in [0.29, 0.717) is 37.0 Å². The molecule has 2 aromatic carbocycles. The third-order valence-electron chi connectivity index (χ3n) is 8.27. The smallest absolute Gasteiger partial charge is 0.338 e. The molecule has 254 valence electrons. The summed E-state index contributed by atoms with van der Waals surface area (Å²) in [4.78, 5) is 26.0. The van der Waals surface area contributed by atoms with Crippen molar-refractivity contribution in [3.8, 4) is 5.75 Å². The van der Waals surface area contributed by atoms with E-state index in [1.54, 1.807) is 13.8 Å². The van der Waals surface area contributed by atoms with Crippen LogP contribution in [-0.4, -0.2) is 61.2 Å². The molecule has 0 saturated carbocycles. The van der Waals surface area contributed by atoms with E-state index in [2.05, 4.69) is 29.7 Å². The molecule has 46 heavy (non-hydrogen) atoms. The summed E-state index contributed by atoms with van der Waals surface area (Å²) < 4.78 is 11.3. The standard InChI is InChI=1S/C37H52N2O4.C2H6O/c1-4-42-37(41)35-20-17-32(18-21-35)28-31(13-7-6-12-29(2)40)16-19-34-14-8-9-15-36(34)43-27-11-5-10-24-39-25-22-33(23-26-39)30(3)38;1-2-3/h8-9,14-21,31,33H,3-7,10-13,22-28,38H2,1-2H3;3H,2H2,1H3/b19-16+;. The van der Waals surface area contributed by atoms with Crippen LogP contribution in [0.1, 0.15) is 100 Å². The summed E-state index contributed by atoms with van der Waals surface area (Å²) in [7, 11) is 0. The number of para-hydroxylation sites is 1. The number of Topliss-reactive ketones (excluding diaryl/α,β-unsaturated/α-hetero) is 1. The van der Waals surface area contributed by atoms with Gasteiger partial charge in [0.2, 0.25) is 0 Å². The van der Waals surface area contributed by atoms with Crippen LogP contribution in [0.2, 0.25) is 0 Å². The highest BCUT2D eigenvalue weighted by atomic mass is 16.5. The molecule has 7 nitrogen and oxygen atoms in total. The van der Waals surface area contributed by atoms with Crippen LogP contribution in [0.15, 0.2) is 66.9 Å². The highest BCUT2D eigenvalue weighted by Crippen LogP contribution is 2.25. The van der Waals surface area contributed by atoms with E-state index in [0.717, 1.165) is 88.0 Å². The molecular weight excluding hydrogens is 576 g/mol. The molecule has 2 aromatic rings. The number of carbonyl (C=O) groups is 2. The molecule has 1 heterocycles. The van der Waals surface area contributed by atoms with Crippen LogP contribution in [0.3, 0.4) is 0 Å². The van der Waals surface area contributed by atoms with Crippen LogP contribution in [0.25, 0.3) is 6.08 Å². The van der Waals surface area contributed by atoms with Crippen molar-refractivity contribution in [2.75, 3.05) is 39.5 Å². The van der Waals surface area contributed by atoms with E-state index in [1.807, 2.05) is 49.4 Å². The van der Waals surface area contributed by atoms with Gasteiger partial charge in [-0.2, -0.15) is 0 Å². The monoisotopic (exact) mass is 634 g/mol. The topological polar surface area (TPSA) is 102 Å². The Kier molecular flexibility index (Phi) is 19.4. The molecule has 0 amide bonds. The SMILES string of the molecule is C=C(N)C1CCN(CCCCCOc2ccccc2/C=C/C(CCCCC(C)=O)Cc2ccc(C(=O)OCC)cc2)CC1.CCO. The van der Waals surface area contributed by atoms with Gasteiger partial charge in [0, 0.05) is 30.2 Å². The second-order valence-corrected chi connectivity index (χ2v) is 12.1. The summed E-state index contributed by atoms with van der Waals surface area (Å²) in [6.45, 7) is 13.8. The first-order valence-corrected chi connectivity index (χ1v) is 17.2. The number of carbonyl (C=O) groups excluding carboxylic acids is 2. The number of benzene rings is 2. The Morgan fingerprint density at radius 2 is 1.72 bits per heavy atom. The highest BCUT2D eigenvalue weighted by molar-refractivity contribution is 5.89. The molecule has 0 spiro atoms. The lowest BCUT2D eigenvalue weighted by Crippen LogP contribution is -2.35. The number of ketones is 1. The van der Waals surface area contributed by atoms with Crippen molar-refractivity contribution in [3.05, 3.63) is 83.6 Å². The zero-order chi connectivity index (χ0) is 33.6. The third kappa shape index (κ3) is 15.7. The summed E-state index contributed by atoms with van der Waals surface area (Å²) in [5.74, 6) is 1.66. The molecule has 1 aliphatic rings. The number of esters is 1. The maximum Gasteiger partial charge on any atom is 0.338 e. The molecule has 7 heteroatoms. The lowest BCUT2D eigenvalue weighted by molar-refractivity contribution is -0.117. The predicted molar refractivity (Wildman–Crippen MR) is 189 cm³/mol. The van der Waals surface area contributed by atoms with E-state index < -0.39 is 0 Å². The molecule has 0 aliphatic carbocycles. The minimum Gasteiger partial charge on any atom is -0.493 e. The van der Waals surface area contributed by atoms with Crippen molar-refractivity contribution < 1.29 is 24.2 Å².